The van der Waals surface area contributed by atoms with E-state index in [1.165, 1.54) is 0 Å². The lowest BCUT2D eigenvalue weighted by Crippen LogP contribution is -2.23. The van der Waals surface area contributed by atoms with Gasteiger partial charge in [0.25, 0.3) is 0 Å². The molecule has 1 aliphatic rings. The van der Waals surface area contributed by atoms with Crippen LogP contribution >= 0.6 is 11.3 Å². The van der Waals surface area contributed by atoms with Crippen LogP contribution in [0.25, 0.3) is 0 Å². The number of hydrogen-bond acceptors (Lipinski definition) is 4. The Morgan fingerprint density at radius 1 is 1.40 bits per heavy atom. The van der Waals surface area contributed by atoms with Crippen molar-refractivity contribution in [3.63, 3.8) is 0 Å². The molecular formula is C11H17NO2S. The summed E-state index contributed by atoms with van der Waals surface area (Å²) in [6.07, 6.45) is 6.54. The van der Waals surface area contributed by atoms with E-state index in [1.54, 1.807) is 11.3 Å². The van der Waals surface area contributed by atoms with Crippen LogP contribution in [0.4, 0.5) is 0 Å². The van der Waals surface area contributed by atoms with Crippen molar-refractivity contribution in [2.24, 2.45) is 5.92 Å². The monoisotopic (exact) mass is 227 g/mol. The Bertz CT molecular complexity index is 268. The molecule has 4 heteroatoms. The summed E-state index contributed by atoms with van der Waals surface area (Å²) in [7, 11) is 0. The molecule has 1 aromatic heterocycles. The molecule has 2 rings (SSSR count). The summed E-state index contributed by atoms with van der Waals surface area (Å²) in [4.78, 5) is 4.19. The highest BCUT2D eigenvalue weighted by Gasteiger charge is 2.20. The lowest BCUT2D eigenvalue weighted by Gasteiger charge is -2.26. The molecule has 0 radical (unpaired) electrons. The number of aliphatic hydroxyl groups is 1. The second-order valence-corrected chi connectivity index (χ2v) is 5.04. The van der Waals surface area contributed by atoms with Crippen LogP contribution in [0.2, 0.25) is 0 Å². The van der Waals surface area contributed by atoms with Gasteiger partial charge in [0.2, 0.25) is 0 Å². The van der Waals surface area contributed by atoms with Crippen LogP contribution in [-0.4, -0.2) is 22.8 Å². The first kappa shape index (κ1) is 11.0. The zero-order valence-electron chi connectivity index (χ0n) is 8.76. The van der Waals surface area contributed by atoms with E-state index in [2.05, 4.69) is 4.98 Å². The number of ether oxygens (including phenoxy) is 1. The topological polar surface area (TPSA) is 42.4 Å². The van der Waals surface area contributed by atoms with Crippen molar-refractivity contribution in [3.8, 4) is 0 Å². The smallest absolute Gasteiger partial charge is 0.118 e. The molecule has 1 aromatic rings. The minimum Gasteiger partial charge on any atom is -0.396 e. The van der Waals surface area contributed by atoms with Crippen LogP contribution in [0.15, 0.2) is 11.6 Å². The number of aliphatic hydroxyl groups excluding tert-OH is 1. The van der Waals surface area contributed by atoms with Crippen molar-refractivity contribution < 1.29 is 9.84 Å². The van der Waals surface area contributed by atoms with Gasteiger partial charge in [0.15, 0.2) is 0 Å². The fourth-order valence-corrected chi connectivity index (χ4v) is 2.53. The Morgan fingerprint density at radius 2 is 2.20 bits per heavy atom. The fourth-order valence-electron chi connectivity index (χ4n) is 1.99. The van der Waals surface area contributed by atoms with Crippen LogP contribution < -0.4 is 0 Å². The summed E-state index contributed by atoms with van der Waals surface area (Å²) in [6.45, 7) is 0.978. The Morgan fingerprint density at radius 3 is 2.80 bits per heavy atom. The molecule has 0 unspecified atom stereocenters. The molecule has 84 valence electrons. The molecule has 1 heterocycles. The molecule has 1 saturated carbocycles. The van der Waals surface area contributed by atoms with Crippen molar-refractivity contribution in [1.82, 2.24) is 4.98 Å². The molecule has 0 aromatic carbocycles. The van der Waals surface area contributed by atoms with Crippen LogP contribution in [0, 0.1) is 5.92 Å². The number of hydrogen-bond donors (Lipinski definition) is 1. The Labute approximate surface area is 94.1 Å². The lowest BCUT2D eigenvalue weighted by atomic mass is 9.88. The van der Waals surface area contributed by atoms with Crippen molar-refractivity contribution in [1.29, 1.82) is 0 Å². The van der Waals surface area contributed by atoms with Gasteiger partial charge in [0.05, 0.1) is 12.7 Å². The van der Waals surface area contributed by atoms with E-state index < -0.39 is 0 Å². The molecule has 0 saturated heterocycles. The van der Waals surface area contributed by atoms with Gasteiger partial charge in [-0.1, -0.05) is 0 Å². The van der Waals surface area contributed by atoms with Gasteiger partial charge in [0.1, 0.15) is 5.01 Å². The highest BCUT2D eigenvalue weighted by atomic mass is 32.1. The van der Waals surface area contributed by atoms with Gasteiger partial charge in [-0.2, -0.15) is 0 Å². The molecule has 0 amide bonds. The third kappa shape index (κ3) is 3.26. The fraction of sp³-hybridized carbons (Fsp3) is 0.727. The van der Waals surface area contributed by atoms with Crippen LogP contribution in [-0.2, 0) is 11.3 Å². The van der Waals surface area contributed by atoms with E-state index in [-0.39, 0.29) is 0 Å². The lowest BCUT2D eigenvalue weighted by molar-refractivity contribution is 0.00114. The maximum Gasteiger partial charge on any atom is 0.118 e. The van der Waals surface area contributed by atoms with Gasteiger partial charge in [-0.25, -0.2) is 4.98 Å². The molecule has 0 aliphatic heterocycles. The molecule has 0 atom stereocenters. The Balaban J connectivity index is 1.69. The molecule has 1 N–H and O–H groups in total. The zero-order chi connectivity index (χ0) is 10.5. The number of thiazole rings is 1. The Kier molecular flexibility index (Phi) is 4.11. The van der Waals surface area contributed by atoms with E-state index in [9.17, 15) is 0 Å². The average Bonchev–Trinajstić information content (AvgIpc) is 2.80. The molecule has 3 nitrogen and oxygen atoms in total. The minimum atomic E-state index is 0.333. The highest BCUT2D eigenvalue weighted by Crippen LogP contribution is 2.26. The quantitative estimate of drug-likeness (QED) is 0.857. The number of aromatic nitrogens is 1. The van der Waals surface area contributed by atoms with E-state index in [0.29, 0.717) is 25.2 Å². The van der Waals surface area contributed by atoms with Crippen LogP contribution in [0.1, 0.15) is 30.7 Å². The van der Waals surface area contributed by atoms with E-state index in [0.717, 1.165) is 30.7 Å². The maximum absolute atomic E-state index is 9.01. The predicted octanol–water partition coefficient (Wildman–Crippen LogP) is 2.21. The van der Waals surface area contributed by atoms with Crippen molar-refractivity contribution in [2.45, 2.75) is 38.4 Å². The largest absolute Gasteiger partial charge is 0.396 e. The second-order valence-electron chi connectivity index (χ2n) is 4.06. The molecule has 1 fully saturated rings. The molecule has 1 aliphatic carbocycles. The van der Waals surface area contributed by atoms with Crippen molar-refractivity contribution in [2.75, 3.05) is 6.61 Å². The predicted molar refractivity (Wildman–Crippen MR) is 59.7 cm³/mol. The standard InChI is InChI=1S/C11H17NO2S/c13-7-9-1-3-10(4-2-9)14-8-11-12-5-6-15-11/h5-6,9-10,13H,1-4,7-8H2. The van der Waals surface area contributed by atoms with Gasteiger partial charge in [0, 0.05) is 18.2 Å². The number of rotatable bonds is 4. The first-order valence-corrected chi connectivity index (χ1v) is 6.37. The normalized spacial score (nSPS) is 26.7. The van der Waals surface area contributed by atoms with E-state index in [1.807, 2.05) is 11.6 Å². The summed E-state index contributed by atoms with van der Waals surface area (Å²) in [5.74, 6) is 0.504. The molecule has 15 heavy (non-hydrogen) atoms. The summed E-state index contributed by atoms with van der Waals surface area (Å²) in [5.41, 5.74) is 0. The second kappa shape index (κ2) is 5.58. The third-order valence-corrected chi connectivity index (χ3v) is 3.73. The van der Waals surface area contributed by atoms with Gasteiger partial charge in [-0.3, -0.25) is 0 Å². The average molecular weight is 227 g/mol. The first-order valence-electron chi connectivity index (χ1n) is 5.49. The SMILES string of the molecule is OCC1CCC(OCc2nccs2)CC1. The van der Waals surface area contributed by atoms with E-state index >= 15 is 0 Å². The van der Waals surface area contributed by atoms with Crippen molar-refractivity contribution >= 4 is 11.3 Å². The van der Waals surface area contributed by atoms with Gasteiger partial charge in [-0.15, -0.1) is 11.3 Å². The summed E-state index contributed by atoms with van der Waals surface area (Å²) in [5, 5.41) is 12.0. The summed E-state index contributed by atoms with van der Waals surface area (Å²) in [6, 6.07) is 0. The summed E-state index contributed by atoms with van der Waals surface area (Å²) >= 11 is 1.64. The minimum absolute atomic E-state index is 0.333. The molecule has 0 spiro atoms. The molecule has 0 bridgehead atoms. The third-order valence-electron chi connectivity index (χ3n) is 2.98. The molecular weight excluding hydrogens is 210 g/mol. The Hall–Kier alpha value is -0.450. The van der Waals surface area contributed by atoms with Gasteiger partial charge < -0.3 is 9.84 Å². The van der Waals surface area contributed by atoms with Crippen molar-refractivity contribution in [3.05, 3.63) is 16.6 Å². The maximum atomic E-state index is 9.01. The number of nitrogens with zero attached hydrogens (tertiary/aromatic N) is 1. The van der Waals surface area contributed by atoms with Crippen LogP contribution in [0.5, 0.6) is 0 Å². The zero-order valence-corrected chi connectivity index (χ0v) is 9.58. The highest BCUT2D eigenvalue weighted by molar-refractivity contribution is 7.09. The van der Waals surface area contributed by atoms with Gasteiger partial charge >= 0.3 is 0 Å². The summed E-state index contributed by atoms with van der Waals surface area (Å²) < 4.78 is 5.79. The van der Waals surface area contributed by atoms with E-state index in [4.69, 9.17) is 9.84 Å². The first-order chi connectivity index (χ1) is 7.38. The van der Waals surface area contributed by atoms with Crippen LogP contribution in [0.3, 0.4) is 0 Å². The van der Waals surface area contributed by atoms with Gasteiger partial charge in [-0.05, 0) is 31.6 Å².